The average Bonchev–Trinajstić information content (AvgIpc) is 2.46. The van der Waals surface area contributed by atoms with E-state index in [2.05, 4.69) is 26.3 Å². The highest BCUT2D eigenvalue weighted by molar-refractivity contribution is 6.53. The fourth-order valence-corrected chi connectivity index (χ4v) is 3.81. The van der Waals surface area contributed by atoms with Crippen LogP contribution in [0.3, 0.4) is 0 Å². The molecule has 0 aliphatic heterocycles. The second-order valence-electron chi connectivity index (χ2n) is 4.73. The molecule has 4 atom stereocenters. The summed E-state index contributed by atoms with van der Waals surface area (Å²) in [6, 6.07) is 0. The molecule has 4 unspecified atom stereocenters. The van der Waals surface area contributed by atoms with Crippen molar-refractivity contribution in [2.24, 2.45) is 0 Å². The first kappa shape index (κ1) is 20.0. The lowest BCUT2D eigenvalue weighted by atomic mass is 10.4. The molecule has 120 valence electrons. The largest absolute Gasteiger partial charge is 0.681 e. The van der Waals surface area contributed by atoms with E-state index in [1.807, 2.05) is 27.7 Å². The summed E-state index contributed by atoms with van der Waals surface area (Å²) < 4.78 is 23.7. The maximum atomic E-state index is 5.92. The van der Waals surface area contributed by atoms with Crippen molar-refractivity contribution in [1.82, 2.24) is 0 Å². The van der Waals surface area contributed by atoms with Gasteiger partial charge in [-0.25, -0.2) is 0 Å². The van der Waals surface area contributed by atoms with Crippen molar-refractivity contribution in [3.8, 4) is 0 Å². The summed E-state index contributed by atoms with van der Waals surface area (Å²) in [5.74, 6) is 0. The van der Waals surface area contributed by atoms with Crippen LogP contribution in [-0.4, -0.2) is 33.5 Å². The van der Waals surface area contributed by atoms with E-state index >= 15 is 0 Å². The van der Waals surface area contributed by atoms with Crippen molar-refractivity contribution in [2.75, 3.05) is 0 Å². The van der Waals surface area contributed by atoms with E-state index in [1.54, 1.807) is 24.3 Å². The first-order valence-corrected chi connectivity index (χ1v) is 8.67. The lowest BCUT2D eigenvalue weighted by Crippen LogP contribution is -2.55. The van der Waals surface area contributed by atoms with Crippen molar-refractivity contribution >= 4 is 9.05 Å². The molecule has 4 nitrogen and oxygen atoms in total. The van der Waals surface area contributed by atoms with E-state index in [4.69, 9.17) is 17.7 Å². The van der Waals surface area contributed by atoms with Gasteiger partial charge in [0.15, 0.2) is 0 Å². The SMILES string of the molecule is C=CC(C)O[Si](OC(C)C=C)(OC(C)C=C)OC(C)C=C. The van der Waals surface area contributed by atoms with Crippen LogP contribution in [0.2, 0.25) is 0 Å². The minimum atomic E-state index is -3.42. The Morgan fingerprint density at radius 3 is 0.905 bits per heavy atom. The molecule has 0 aromatic rings. The first-order valence-electron chi connectivity index (χ1n) is 7.04. The number of rotatable bonds is 12. The Morgan fingerprint density at radius 1 is 0.571 bits per heavy atom. The van der Waals surface area contributed by atoms with Gasteiger partial charge in [-0.1, -0.05) is 24.3 Å². The molecule has 0 saturated heterocycles. The van der Waals surface area contributed by atoms with Gasteiger partial charge in [-0.2, -0.15) is 0 Å². The van der Waals surface area contributed by atoms with Gasteiger partial charge in [0.1, 0.15) is 0 Å². The fraction of sp³-hybridized carbons (Fsp3) is 0.500. The van der Waals surface area contributed by atoms with Gasteiger partial charge >= 0.3 is 9.05 Å². The van der Waals surface area contributed by atoms with Crippen LogP contribution in [0.4, 0.5) is 0 Å². The van der Waals surface area contributed by atoms with Crippen LogP contribution >= 0.6 is 0 Å². The summed E-state index contributed by atoms with van der Waals surface area (Å²) >= 11 is 0. The summed E-state index contributed by atoms with van der Waals surface area (Å²) in [5, 5.41) is 0. The van der Waals surface area contributed by atoms with Gasteiger partial charge in [0, 0.05) is 0 Å². The molecule has 0 aliphatic rings. The number of hydrogen-bond acceptors (Lipinski definition) is 4. The van der Waals surface area contributed by atoms with Crippen LogP contribution in [0.15, 0.2) is 50.6 Å². The third kappa shape index (κ3) is 7.54. The fourth-order valence-electron chi connectivity index (χ4n) is 1.27. The van der Waals surface area contributed by atoms with Crippen LogP contribution in [0.5, 0.6) is 0 Å². The summed E-state index contributed by atoms with van der Waals surface area (Å²) in [6.45, 7) is 22.2. The Morgan fingerprint density at radius 2 is 0.762 bits per heavy atom. The quantitative estimate of drug-likeness (QED) is 0.406. The van der Waals surface area contributed by atoms with E-state index in [0.29, 0.717) is 0 Å². The van der Waals surface area contributed by atoms with Crippen LogP contribution in [-0.2, 0) is 17.7 Å². The zero-order chi connectivity index (χ0) is 16.5. The molecule has 21 heavy (non-hydrogen) atoms. The molecule has 0 aromatic carbocycles. The second-order valence-corrected chi connectivity index (χ2v) is 6.68. The minimum absolute atomic E-state index is 0.275. The molecule has 0 heterocycles. The van der Waals surface area contributed by atoms with E-state index < -0.39 is 9.05 Å². The predicted molar refractivity (Wildman–Crippen MR) is 88.7 cm³/mol. The van der Waals surface area contributed by atoms with Gasteiger partial charge in [0.05, 0.1) is 24.4 Å². The summed E-state index contributed by atoms with van der Waals surface area (Å²) in [7, 11) is -3.42. The second kappa shape index (κ2) is 9.86. The van der Waals surface area contributed by atoms with E-state index in [1.165, 1.54) is 0 Å². The van der Waals surface area contributed by atoms with Gasteiger partial charge in [0.2, 0.25) is 0 Å². The van der Waals surface area contributed by atoms with E-state index in [9.17, 15) is 0 Å². The summed E-state index contributed by atoms with van der Waals surface area (Å²) in [5.41, 5.74) is 0. The number of hydrogen-bond donors (Lipinski definition) is 0. The molecule has 0 saturated carbocycles. The molecule has 0 fully saturated rings. The predicted octanol–water partition coefficient (Wildman–Crippen LogP) is 3.79. The zero-order valence-corrected chi connectivity index (χ0v) is 14.6. The normalized spacial score (nSPS) is 19.6. The topological polar surface area (TPSA) is 36.9 Å². The lowest BCUT2D eigenvalue weighted by Gasteiger charge is -2.34. The Kier molecular flexibility index (Phi) is 9.40. The van der Waals surface area contributed by atoms with Crippen molar-refractivity contribution in [2.45, 2.75) is 52.1 Å². The smallest absolute Gasteiger partial charge is 0.345 e. The molecule has 5 heteroatoms. The van der Waals surface area contributed by atoms with Crippen LogP contribution in [0.1, 0.15) is 27.7 Å². The summed E-state index contributed by atoms with van der Waals surface area (Å²) in [6.07, 6.45) is 5.54. The highest BCUT2D eigenvalue weighted by Gasteiger charge is 2.50. The minimum Gasteiger partial charge on any atom is -0.345 e. The lowest BCUT2D eigenvalue weighted by molar-refractivity contribution is -0.0701. The van der Waals surface area contributed by atoms with Gasteiger partial charge in [-0.05, 0) is 27.7 Å². The van der Waals surface area contributed by atoms with Crippen molar-refractivity contribution in [3.63, 3.8) is 0 Å². The molecule has 0 amide bonds. The van der Waals surface area contributed by atoms with Gasteiger partial charge in [-0.3, -0.25) is 0 Å². The highest BCUT2D eigenvalue weighted by Crippen LogP contribution is 2.22. The van der Waals surface area contributed by atoms with Gasteiger partial charge in [-0.15, -0.1) is 26.3 Å². The monoisotopic (exact) mass is 312 g/mol. The van der Waals surface area contributed by atoms with E-state index in [-0.39, 0.29) is 24.4 Å². The van der Waals surface area contributed by atoms with Gasteiger partial charge in [0.25, 0.3) is 0 Å². The molecular weight excluding hydrogens is 284 g/mol. The first-order chi connectivity index (χ1) is 9.82. The third-order valence-electron chi connectivity index (χ3n) is 2.65. The maximum absolute atomic E-state index is 5.92. The summed E-state index contributed by atoms with van der Waals surface area (Å²) in [4.78, 5) is 0. The Balaban J connectivity index is 5.42. The zero-order valence-electron chi connectivity index (χ0n) is 13.6. The van der Waals surface area contributed by atoms with Crippen molar-refractivity contribution in [3.05, 3.63) is 50.6 Å². The molecule has 0 radical (unpaired) electrons. The van der Waals surface area contributed by atoms with Crippen molar-refractivity contribution < 1.29 is 17.7 Å². The third-order valence-corrected chi connectivity index (χ3v) is 5.29. The molecule has 0 rings (SSSR count). The highest BCUT2D eigenvalue weighted by atomic mass is 28.4. The standard InChI is InChI=1S/C16H28O4Si/c1-9-13(5)17-21(18-14(6)10-2,19-15(7)11-3)20-16(8)12-4/h9-16H,1-4H2,5-8H3. The van der Waals surface area contributed by atoms with Crippen LogP contribution in [0.25, 0.3) is 0 Å². The Bertz CT molecular complexity index is 287. The van der Waals surface area contributed by atoms with Crippen LogP contribution in [0, 0.1) is 0 Å². The molecule has 0 N–H and O–H groups in total. The Labute approximate surface area is 130 Å². The maximum Gasteiger partial charge on any atom is 0.681 e. The average molecular weight is 312 g/mol. The molecule has 0 bridgehead atoms. The van der Waals surface area contributed by atoms with E-state index in [0.717, 1.165) is 0 Å². The Hall–Kier alpha value is -0.983. The molecule has 0 spiro atoms. The van der Waals surface area contributed by atoms with Crippen molar-refractivity contribution in [1.29, 1.82) is 0 Å². The molecule has 0 aromatic heterocycles. The van der Waals surface area contributed by atoms with Gasteiger partial charge < -0.3 is 17.7 Å². The molecule has 0 aliphatic carbocycles. The molecular formula is C16H28O4Si. The van der Waals surface area contributed by atoms with Crippen LogP contribution < -0.4 is 0 Å².